The Bertz CT molecular complexity index is 1220. The summed E-state index contributed by atoms with van der Waals surface area (Å²) in [6.45, 7) is 0. The number of carbonyl (C=O) groups is 2. The van der Waals surface area contributed by atoms with Crippen LogP contribution in [0.2, 0.25) is 0 Å². The van der Waals surface area contributed by atoms with Crippen molar-refractivity contribution in [2.24, 2.45) is 7.05 Å². The zero-order valence-electron chi connectivity index (χ0n) is 19.9. The van der Waals surface area contributed by atoms with Crippen LogP contribution >= 0.6 is 0 Å². The number of urea groups is 1. The third kappa shape index (κ3) is 8.31. The Morgan fingerprint density at radius 2 is 1.66 bits per heavy atom. The van der Waals surface area contributed by atoms with Crippen LogP contribution in [0.3, 0.4) is 0 Å². The van der Waals surface area contributed by atoms with Crippen LogP contribution in [0.4, 0.5) is 10.5 Å². The van der Waals surface area contributed by atoms with Crippen LogP contribution in [0.15, 0.2) is 65.6 Å². The zero-order chi connectivity index (χ0) is 24.0. The number of anilines is 1. The summed E-state index contributed by atoms with van der Waals surface area (Å²) in [4.78, 5) is 35.7. The van der Waals surface area contributed by atoms with Crippen molar-refractivity contribution in [3.63, 3.8) is 0 Å². The van der Waals surface area contributed by atoms with Crippen molar-refractivity contribution in [2.75, 3.05) is 12.4 Å². The van der Waals surface area contributed by atoms with Crippen LogP contribution in [-0.4, -0.2) is 23.7 Å². The van der Waals surface area contributed by atoms with E-state index in [1.54, 1.807) is 48.5 Å². The van der Waals surface area contributed by atoms with E-state index in [2.05, 4.69) is 10.6 Å². The third-order valence-electron chi connectivity index (χ3n) is 4.72. The molecular weight excluding hydrogens is 476 g/mol. The molecule has 0 aliphatic carbocycles. The second-order valence-electron chi connectivity index (χ2n) is 7.02. The van der Waals surface area contributed by atoms with Gasteiger partial charge in [0.25, 0.3) is 5.56 Å². The number of nitrogens with zero attached hydrogens (tertiary/aromatic N) is 1. The van der Waals surface area contributed by atoms with Gasteiger partial charge in [-0.1, -0.05) is 36.1 Å². The van der Waals surface area contributed by atoms with Crippen LogP contribution in [0.5, 0.6) is 23.0 Å². The molecule has 12 heteroatoms. The summed E-state index contributed by atoms with van der Waals surface area (Å²) in [5.74, 6) is -0.560. The van der Waals surface area contributed by atoms with E-state index in [-0.39, 0.29) is 59.1 Å². The summed E-state index contributed by atoms with van der Waals surface area (Å²) in [6, 6.07) is 12.7. The van der Waals surface area contributed by atoms with Crippen LogP contribution in [0.1, 0.15) is 18.0 Å². The average molecular weight is 497 g/mol. The molecule has 0 radical (unpaired) electrons. The smallest absolute Gasteiger partial charge is 0.871 e. The Morgan fingerprint density at radius 3 is 2.26 bits per heavy atom. The molecule has 1 atom stereocenters. The first kappa shape index (κ1) is 30.6. The maximum Gasteiger partial charge on any atom is 1.00 e. The van der Waals surface area contributed by atoms with E-state index in [1.807, 2.05) is 0 Å². The van der Waals surface area contributed by atoms with Gasteiger partial charge in [-0.25, -0.2) is 4.79 Å². The molecule has 10 nitrogen and oxygen atoms in total. The van der Waals surface area contributed by atoms with Crippen LogP contribution < -0.4 is 95.0 Å². The van der Waals surface area contributed by atoms with Gasteiger partial charge in [-0.2, -0.15) is 0 Å². The maximum absolute atomic E-state index is 12.4. The van der Waals surface area contributed by atoms with E-state index in [0.29, 0.717) is 22.8 Å². The molecule has 35 heavy (non-hydrogen) atoms. The molecule has 3 rings (SSSR count). The Kier molecular flexibility index (Phi) is 12.4. The number of aryl methyl sites for hydroxylation is 1. The molecule has 2 N–H and O–H groups in total. The fourth-order valence-corrected chi connectivity index (χ4v) is 3.05. The van der Waals surface area contributed by atoms with Gasteiger partial charge in [0.15, 0.2) is 11.5 Å². The molecule has 0 aliphatic rings. The number of carbonyl (C=O) groups excluding carboxylic acids is 2. The number of amides is 2. The first-order valence-corrected chi connectivity index (χ1v) is 9.83. The van der Waals surface area contributed by atoms with Gasteiger partial charge in [-0.05, 0) is 29.8 Å². The number of carboxylic acid groups (broad SMARTS) is 1. The first-order valence-electron chi connectivity index (χ1n) is 9.83. The number of benzene rings is 2. The van der Waals surface area contributed by atoms with Gasteiger partial charge in [0.2, 0.25) is 0 Å². The predicted molar refractivity (Wildman–Crippen MR) is 115 cm³/mol. The minimum absolute atomic E-state index is 0. The maximum atomic E-state index is 12.4. The summed E-state index contributed by atoms with van der Waals surface area (Å²) < 4.78 is 12.2. The molecule has 0 fully saturated rings. The molecule has 3 aromatic rings. The summed E-state index contributed by atoms with van der Waals surface area (Å²) in [6.07, 6.45) is 0.748. The topological polar surface area (TPSA) is 145 Å². The van der Waals surface area contributed by atoms with Crippen LogP contribution in [0, 0.1) is 0 Å². The number of hydrogen-bond donors (Lipinski definition) is 2. The van der Waals surface area contributed by atoms with E-state index in [1.165, 1.54) is 20.4 Å². The molecular formula is C23H21N3Na2O7. The fourth-order valence-electron chi connectivity index (χ4n) is 3.05. The van der Waals surface area contributed by atoms with Crippen molar-refractivity contribution in [3.8, 4) is 23.0 Å². The van der Waals surface area contributed by atoms with Gasteiger partial charge in [-0.15, -0.1) is 0 Å². The Morgan fingerprint density at radius 1 is 1.03 bits per heavy atom. The number of hydrogen-bond acceptors (Lipinski definition) is 7. The predicted octanol–water partition coefficient (Wildman–Crippen LogP) is -4.73. The average Bonchev–Trinajstić information content (AvgIpc) is 2.79. The minimum Gasteiger partial charge on any atom is -0.871 e. The zero-order valence-corrected chi connectivity index (χ0v) is 23.9. The van der Waals surface area contributed by atoms with E-state index in [9.17, 15) is 24.6 Å². The number of rotatable bonds is 8. The van der Waals surface area contributed by atoms with Crippen molar-refractivity contribution >= 4 is 17.7 Å². The minimum atomic E-state index is -1.39. The molecule has 2 amide bonds. The van der Waals surface area contributed by atoms with Gasteiger partial charge in [0.05, 0.1) is 13.2 Å². The number of ether oxygens (including phenoxy) is 2. The molecule has 0 unspecified atom stereocenters. The fraction of sp³-hybridized carbons (Fsp3) is 0.174. The van der Waals surface area contributed by atoms with Gasteiger partial charge < -0.3 is 39.7 Å². The standard InChI is InChI=1S/C23H23N3O7.2Na/c1-26-12-11-17(27)21(22(26)30)25-23(31)24-16(13-20(28)29)14-7-9-15(10-8-14)33-19-6-4-3-5-18(19)32-2;;/h3-12,16,27H,13H2,1-2H3,(H,28,29)(H2,24,25,31);;/q;2*+1/p-2/t16-;;/m0../s1. The molecule has 0 saturated heterocycles. The number of carboxylic acids is 1. The quantitative estimate of drug-likeness (QED) is 0.298. The number of para-hydroxylation sites is 2. The van der Waals surface area contributed by atoms with Gasteiger partial charge >= 0.3 is 65.1 Å². The van der Waals surface area contributed by atoms with E-state index in [0.717, 1.165) is 10.6 Å². The Hall–Kier alpha value is -2.47. The molecule has 1 aromatic heterocycles. The van der Waals surface area contributed by atoms with Gasteiger partial charge in [0.1, 0.15) is 11.4 Å². The van der Waals surface area contributed by atoms with Crippen molar-refractivity contribution in [1.29, 1.82) is 0 Å². The molecule has 0 saturated carbocycles. The van der Waals surface area contributed by atoms with E-state index < -0.39 is 41.5 Å². The van der Waals surface area contributed by atoms with E-state index in [4.69, 9.17) is 9.47 Å². The van der Waals surface area contributed by atoms with E-state index >= 15 is 0 Å². The SMILES string of the molecule is COc1ccccc1Oc1ccc([C@H](CC(=O)[O-])NC(=O)Nc2c([O-])ccn(C)c2=O)cc1.[Na+].[Na+]. The first-order chi connectivity index (χ1) is 15.8. The normalized spacial score (nSPS) is 10.7. The molecule has 0 spiro atoms. The van der Waals surface area contributed by atoms with Crippen molar-refractivity contribution in [3.05, 3.63) is 76.7 Å². The summed E-state index contributed by atoms with van der Waals surface area (Å²) >= 11 is 0. The Balaban J connectivity index is 0.00000306. The van der Waals surface area contributed by atoms with Crippen molar-refractivity contribution in [2.45, 2.75) is 12.5 Å². The Labute approximate surface area is 245 Å². The summed E-state index contributed by atoms with van der Waals surface area (Å²) in [7, 11) is 2.95. The van der Waals surface area contributed by atoms with Gasteiger partial charge in [0, 0.05) is 25.6 Å². The second-order valence-corrected chi connectivity index (χ2v) is 7.02. The molecule has 2 aromatic carbocycles. The number of nitrogens with one attached hydrogen (secondary N) is 2. The van der Waals surface area contributed by atoms with Crippen molar-refractivity contribution in [1.82, 2.24) is 9.88 Å². The van der Waals surface area contributed by atoms with Crippen LogP contribution in [-0.2, 0) is 11.8 Å². The number of methoxy groups -OCH3 is 1. The molecule has 1 heterocycles. The number of aromatic nitrogens is 1. The number of aliphatic carboxylic acids is 1. The largest absolute Gasteiger partial charge is 1.00 e. The second kappa shape index (κ2) is 14.2. The van der Waals surface area contributed by atoms with Crippen molar-refractivity contribution < 1.29 is 88.4 Å². The monoisotopic (exact) mass is 497 g/mol. The van der Waals surface area contributed by atoms with Gasteiger partial charge in [-0.3, -0.25) is 4.79 Å². The summed E-state index contributed by atoms with van der Waals surface area (Å²) in [5, 5.41) is 27.8. The van der Waals surface area contributed by atoms with Crippen LogP contribution in [0.25, 0.3) is 0 Å². The summed E-state index contributed by atoms with van der Waals surface area (Å²) in [5.41, 5.74) is -0.678. The third-order valence-corrected chi connectivity index (χ3v) is 4.72. The molecule has 172 valence electrons. The number of pyridine rings is 1. The molecule has 0 aliphatic heterocycles. The molecule has 0 bridgehead atoms.